The Morgan fingerprint density at radius 1 is 1.38 bits per heavy atom. The highest BCUT2D eigenvalue weighted by Crippen LogP contribution is 2.12. The summed E-state index contributed by atoms with van der Waals surface area (Å²) in [4.78, 5) is 0. The summed E-state index contributed by atoms with van der Waals surface area (Å²) in [5.74, 6) is 0.348. The summed E-state index contributed by atoms with van der Waals surface area (Å²) < 4.78 is 10.4. The maximum Gasteiger partial charge on any atom is 0.0704 e. The van der Waals surface area contributed by atoms with Crippen LogP contribution in [0.3, 0.4) is 0 Å². The zero-order chi connectivity index (χ0) is 9.52. The third-order valence-corrected chi connectivity index (χ3v) is 2.30. The zero-order valence-corrected chi connectivity index (χ0v) is 8.16. The van der Waals surface area contributed by atoms with Gasteiger partial charge in [-0.15, -0.1) is 0 Å². The normalized spacial score (nSPS) is 29.1. The largest absolute Gasteiger partial charge is 0.396 e. The number of hydrogen-bond donors (Lipinski definition) is 2. The molecule has 0 amide bonds. The molecular formula is C9H19NO3. The molecule has 2 N–H and O–H groups in total. The van der Waals surface area contributed by atoms with Gasteiger partial charge in [0.1, 0.15) is 0 Å². The van der Waals surface area contributed by atoms with Crippen LogP contribution in [0.1, 0.15) is 6.42 Å². The van der Waals surface area contributed by atoms with Crippen LogP contribution >= 0.6 is 0 Å². The van der Waals surface area contributed by atoms with Crippen molar-refractivity contribution in [3.63, 3.8) is 0 Å². The van der Waals surface area contributed by atoms with Gasteiger partial charge in [-0.25, -0.2) is 0 Å². The Hall–Kier alpha value is -0.160. The number of aliphatic hydroxyl groups is 1. The van der Waals surface area contributed by atoms with Gasteiger partial charge in [0.05, 0.1) is 19.3 Å². The van der Waals surface area contributed by atoms with E-state index in [-0.39, 0.29) is 12.7 Å². The first-order valence-corrected chi connectivity index (χ1v) is 4.79. The van der Waals surface area contributed by atoms with Crippen LogP contribution in [-0.2, 0) is 9.47 Å². The molecule has 0 aliphatic carbocycles. The maximum absolute atomic E-state index is 8.96. The van der Waals surface area contributed by atoms with Crippen LogP contribution in [0, 0.1) is 5.92 Å². The molecular weight excluding hydrogens is 170 g/mol. The molecule has 4 nitrogen and oxygen atoms in total. The number of methoxy groups -OCH3 is 1. The minimum Gasteiger partial charge on any atom is -0.396 e. The zero-order valence-electron chi connectivity index (χ0n) is 8.16. The molecule has 1 heterocycles. The van der Waals surface area contributed by atoms with Crippen LogP contribution in [0.2, 0.25) is 0 Å². The van der Waals surface area contributed by atoms with Crippen LogP contribution in [0.5, 0.6) is 0 Å². The van der Waals surface area contributed by atoms with E-state index in [1.807, 2.05) is 0 Å². The van der Waals surface area contributed by atoms with Crippen LogP contribution in [0.25, 0.3) is 0 Å². The van der Waals surface area contributed by atoms with Gasteiger partial charge in [-0.1, -0.05) is 0 Å². The van der Waals surface area contributed by atoms with E-state index in [9.17, 15) is 0 Å². The molecule has 4 heteroatoms. The number of aliphatic hydroxyl groups excluding tert-OH is 1. The number of rotatable bonds is 5. The lowest BCUT2D eigenvalue weighted by molar-refractivity contribution is -0.0100. The Morgan fingerprint density at radius 3 is 2.92 bits per heavy atom. The van der Waals surface area contributed by atoms with E-state index < -0.39 is 0 Å². The SMILES string of the molecule is COCCO[C@H]1CNC[C@@H](CO)C1. The van der Waals surface area contributed by atoms with Crippen molar-refractivity contribution in [3.05, 3.63) is 0 Å². The third kappa shape index (κ3) is 4.04. The smallest absolute Gasteiger partial charge is 0.0704 e. The highest BCUT2D eigenvalue weighted by molar-refractivity contribution is 4.75. The quantitative estimate of drug-likeness (QED) is 0.579. The van der Waals surface area contributed by atoms with Gasteiger partial charge in [-0.3, -0.25) is 0 Å². The Balaban J connectivity index is 2.11. The van der Waals surface area contributed by atoms with Crippen molar-refractivity contribution in [3.8, 4) is 0 Å². The van der Waals surface area contributed by atoms with Gasteiger partial charge in [-0.2, -0.15) is 0 Å². The predicted molar refractivity (Wildman–Crippen MR) is 49.7 cm³/mol. The first-order valence-electron chi connectivity index (χ1n) is 4.79. The predicted octanol–water partition coefficient (Wildman–Crippen LogP) is -0.380. The molecule has 78 valence electrons. The van der Waals surface area contributed by atoms with Crippen LogP contribution in [-0.4, -0.2) is 51.2 Å². The third-order valence-electron chi connectivity index (χ3n) is 2.30. The summed E-state index contributed by atoms with van der Waals surface area (Å²) in [6.45, 7) is 3.32. The highest BCUT2D eigenvalue weighted by atomic mass is 16.5. The number of ether oxygens (including phenoxy) is 2. The van der Waals surface area contributed by atoms with Crippen molar-refractivity contribution in [2.24, 2.45) is 5.92 Å². The lowest BCUT2D eigenvalue weighted by Gasteiger charge is -2.28. The van der Waals surface area contributed by atoms with E-state index >= 15 is 0 Å². The second-order valence-electron chi connectivity index (χ2n) is 3.43. The first-order chi connectivity index (χ1) is 6.36. The van der Waals surface area contributed by atoms with Crippen molar-refractivity contribution in [1.82, 2.24) is 5.32 Å². The summed E-state index contributed by atoms with van der Waals surface area (Å²) in [7, 11) is 1.67. The number of nitrogens with one attached hydrogen (secondary N) is 1. The summed E-state index contributed by atoms with van der Waals surface area (Å²) in [5, 5.41) is 12.2. The first kappa shape index (κ1) is 10.9. The van der Waals surface area contributed by atoms with Crippen molar-refractivity contribution < 1.29 is 14.6 Å². The summed E-state index contributed by atoms with van der Waals surface area (Å²) in [5.41, 5.74) is 0. The van der Waals surface area contributed by atoms with Crippen molar-refractivity contribution >= 4 is 0 Å². The monoisotopic (exact) mass is 189 g/mol. The van der Waals surface area contributed by atoms with Crippen LogP contribution < -0.4 is 5.32 Å². The molecule has 1 aliphatic rings. The highest BCUT2D eigenvalue weighted by Gasteiger charge is 2.20. The Kier molecular flexibility index (Phi) is 5.31. The van der Waals surface area contributed by atoms with Gasteiger partial charge in [-0.05, 0) is 12.3 Å². The second-order valence-corrected chi connectivity index (χ2v) is 3.43. The second kappa shape index (κ2) is 6.32. The molecule has 2 atom stereocenters. The Labute approximate surface area is 79.2 Å². The van der Waals surface area contributed by atoms with Gasteiger partial charge in [0.25, 0.3) is 0 Å². The Bertz CT molecular complexity index is 132. The van der Waals surface area contributed by atoms with Crippen LogP contribution in [0.4, 0.5) is 0 Å². The van der Waals surface area contributed by atoms with Gasteiger partial charge in [0.15, 0.2) is 0 Å². The van der Waals surface area contributed by atoms with E-state index in [0.29, 0.717) is 19.1 Å². The van der Waals surface area contributed by atoms with Crippen LogP contribution in [0.15, 0.2) is 0 Å². The van der Waals surface area contributed by atoms with E-state index in [2.05, 4.69) is 5.32 Å². The molecule has 0 aromatic carbocycles. The lowest BCUT2D eigenvalue weighted by Crippen LogP contribution is -2.42. The topological polar surface area (TPSA) is 50.7 Å². The van der Waals surface area contributed by atoms with Gasteiger partial charge in [0.2, 0.25) is 0 Å². The van der Waals surface area contributed by atoms with Crippen molar-refractivity contribution in [1.29, 1.82) is 0 Å². The number of hydrogen-bond acceptors (Lipinski definition) is 4. The molecule has 1 fully saturated rings. The molecule has 0 aromatic heterocycles. The minimum absolute atomic E-state index is 0.237. The minimum atomic E-state index is 0.237. The average molecular weight is 189 g/mol. The molecule has 0 aromatic rings. The fourth-order valence-corrected chi connectivity index (χ4v) is 1.55. The standard InChI is InChI=1S/C9H19NO3/c1-12-2-3-13-9-4-8(7-11)5-10-6-9/h8-11H,2-7H2,1H3/t8-,9+/m0/s1. The summed E-state index contributed by atoms with van der Waals surface area (Å²) in [6, 6.07) is 0. The molecule has 1 aliphatic heterocycles. The molecule has 0 saturated carbocycles. The molecule has 1 rings (SSSR count). The molecule has 0 spiro atoms. The van der Waals surface area contributed by atoms with Gasteiger partial charge < -0.3 is 19.9 Å². The fraction of sp³-hybridized carbons (Fsp3) is 1.00. The molecule has 0 bridgehead atoms. The maximum atomic E-state index is 8.96. The van der Waals surface area contributed by atoms with E-state index in [4.69, 9.17) is 14.6 Å². The molecule has 1 saturated heterocycles. The van der Waals surface area contributed by atoms with Gasteiger partial charge >= 0.3 is 0 Å². The fourth-order valence-electron chi connectivity index (χ4n) is 1.55. The van der Waals surface area contributed by atoms with Crippen molar-refractivity contribution in [2.75, 3.05) is 40.0 Å². The molecule has 13 heavy (non-hydrogen) atoms. The number of piperidine rings is 1. The molecule has 0 radical (unpaired) electrons. The Morgan fingerprint density at radius 2 is 2.23 bits per heavy atom. The summed E-state index contributed by atoms with van der Waals surface area (Å²) in [6.07, 6.45) is 1.19. The van der Waals surface area contributed by atoms with E-state index in [1.54, 1.807) is 7.11 Å². The van der Waals surface area contributed by atoms with E-state index in [0.717, 1.165) is 19.5 Å². The molecule has 0 unspecified atom stereocenters. The summed E-state index contributed by atoms with van der Waals surface area (Å²) >= 11 is 0. The average Bonchev–Trinajstić information content (AvgIpc) is 2.19. The van der Waals surface area contributed by atoms with Gasteiger partial charge in [0, 0.05) is 26.8 Å². The van der Waals surface area contributed by atoms with Crippen molar-refractivity contribution in [2.45, 2.75) is 12.5 Å². The van der Waals surface area contributed by atoms with E-state index in [1.165, 1.54) is 0 Å². The lowest BCUT2D eigenvalue weighted by atomic mass is 9.98.